The fourth-order valence-corrected chi connectivity index (χ4v) is 5.77. The van der Waals surface area contributed by atoms with Gasteiger partial charge in [-0.2, -0.15) is 4.31 Å². The molecule has 1 aromatic heterocycles. The lowest BCUT2D eigenvalue weighted by molar-refractivity contribution is 0.0624. The maximum absolute atomic E-state index is 13.0. The van der Waals surface area contributed by atoms with Gasteiger partial charge in [0.05, 0.1) is 22.5 Å². The number of fused-ring (bicyclic) bond motifs is 1. The van der Waals surface area contributed by atoms with E-state index in [4.69, 9.17) is 4.98 Å². The summed E-state index contributed by atoms with van der Waals surface area (Å²) >= 11 is 0. The van der Waals surface area contributed by atoms with Gasteiger partial charge in [0, 0.05) is 51.9 Å². The molecule has 0 bridgehead atoms. The van der Waals surface area contributed by atoms with Gasteiger partial charge in [-0.1, -0.05) is 26.0 Å². The lowest BCUT2D eigenvalue weighted by Gasteiger charge is -2.34. The fraction of sp³-hybridized carbons (Fsp3) is 0.417. The van der Waals surface area contributed by atoms with Crippen LogP contribution < -0.4 is 0 Å². The third-order valence-electron chi connectivity index (χ3n) is 6.35. The van der Waals surface area contributed by atoms with Gasteiger partial charge >= 0.3 is 0 Å². The molecule has 9 heteroatoms. The molecule has 0 radical (unpaired) electrons. The van der Waals surface area contributed by atoms with Crippen LogP contribution in [0.15, 0.2) is 53.4 Å². The molecule has 0 aliphatic carbocycles. The summed E-state index contributed by atoms with van der Waals surface area (Å²) in [4.78, 5) is 22.1. The summed E-state index contributed by atoms with van der Waals surface area (Å²) in [6.45, 7) is 7.99. The summed E-state index contributed by atoms with van der Waals surface area (Å²) in [6, 6.07) is 14.4. The highest BCUT2D eigenvalue weighted by Crippen LogP contribution is 2.19. The molecule has 0 N–H and O–H groups in total. The summed E-state index contributed by atoms with van der Waals surface area (Å²) in [5, 5.41) is 0. The monoisotopic (exact) mass is 469 g/mol. The van der Waals surface area contributed by atoms with Crippen LogP contribution >= 0.6 is 0 Å². The smallest absolute Gasteiger partial charge is 0.253 e. The minimum absolute atomic E-state index is 0.0656. The molecule has 2 aromatic carbocycles. The number of benzene rings is 2. The number of rotatable bonds is 7. The van der Waals surface area contributed by atoms with Crippen molar-refractivity contribution < 1.29 is 13.2 Å². The lowest BCUT2D eigenvalue weighted by Crippen LogP contribution is -2.48. The number of para-hydroxylation sites is 2. The van der Waals surface area contributed by atoms with Gasteiger partial charge in [-0.15, -0.1) is 0 Å². The summed E-state index contributed by atoms with van der Waals surface area (Å²) in [7, 11) is -1.49. The first-order valence-electron chi connectivity index (χ1n) is 11.4. The van der Waals surface area contributed by atoms with Crippen LogP contribution in [0.3, 0.4) is 0 Å². The Kier molecular flexibility index (Phi) is 6.83. The molecule has 2 heterocycles. The van der Waals surface area contributed by atoms with E-state index in [9.17, 15) is 13.2 Å². The maximum atomic E-state index is 13.0. The molecule has 33 heavy (non-hydrogen) atoms. The Morgan fingerprint density at radius 3 is 2.21 bits per heavy atom. The maximum Gasteiger partial charge on any atom is 0.253 e. The van der Waals surface area contributed by atoms with Crippen LogP contribution in [0.2, 0.25) is 0 Å². The SMILES string of the molecule is CCN(CC)S(=O)(=O)c1ccc(C(=O)N2CCN(Cc3nc4ccccc4n3C)CC2)cc1. The van der Waals surface area contributed by atoms with Crippen molar-refractivity contribution >= 4 is 27.0 Å². The minimum Gasteiger partial charge on any atom is -0.336 e. The molecule has 0 atom stereocenters. The van der Waals surface area contributed by atoms with Crippen LogP contribution in [0.4, 0.5) is 0 Å². The third kappa shape index (κ3) is 4.66. The highest BCUT2D eigenvalue weighted by Gasteiger charge is 2.25. The normalized spacial score (nSPS) is 15.5. The standard InChI is InChI=1S/C24H31N5O3S/c1-4-29(5-2)33(31,32)20-12-10-19(11-13-20)24(30)28-16-14-27(15-17-28)18-23-25-21-8-6-7-9-22(21)26(23)3/h6-13H,4-5,14-18H2,1-3H3. The van der Waals surface area contributed by atoms with Crippen molar-refractivity contribution in [2.45, 2.75) is 25.3 Å². The summed E-state index contributed by atoms with van der Waals surface area (Å²) in [6.07, 6.45) is 0. The van der Waals surface area contributed by atoms with Crippen LogP contribution in [-0.4, -0.2) is 77.2 Å². The van der Waals surface area contributed by atoms with Crippen molar-refractivity contribution in [3.8, 4) is 0 Å². The number of amides is 1. The fourth-order valence-electron chi connectivity index (χ4n) is 4.31. The number of aromatic nitrogens is 2. The number of sulfonamides is 1. The van der Waals surface area contributed by atoms with E-state index in [0.29, 0.717) is 31.7 Å². The van der Waals surface area contributed by atoms with E-state index >= 15 is 0 Å². The first kappa shape index (κ1) is 23.4. The topological polar surface area (TPSA) is 78.8 Å². The molecule has 1 saturated heterocycles. The Morgan fingerprint density at radius 2 is 1.61 bits per heavy atom. The van der Waals surface area contributed by atoms with E-state index in [0.717, 1.165) is 36.5 Å². The molecule has 4 rings (SSSR count). The predicted molar refractivity (Wildman–Crippen MR) is 128 cm³/mol. The van der Waals surface area contributed by atoms with Crippen LogP contribution in [-0.2, 0) is 23.6 Å². The van der Waals surface area contributed by atoms with Crippen LogP contribution in [0.1, 0.15) is 30.0 Å². The molecule has 1 aliphatic rings. The van der Waals surface area contributed by atoms with E-state index in [1.54, 1.807) is 12.1 Å². The van der Waals surface area contributed by atoms with E-state index in [1.807, 2.05) is 44.0 Å². The lowest BCUT2D eigenvalue weighted by atomic mass is 10.2. The second-order valence-corrected chi connectivity index (χ2v) is 10.2. The van der Waals surface area contributed by atoms with E-state index in [2.05, 4.69) is 15.5 Å². The van der Waals surface area contributed by atoms with Crippen molar-refractivity contribution in [3.05, 3.63) is 59.9 Å². The zero-order chi connectivity index (χ0) is 23.6. The number of imidazole rings is 1. The van der Waals surface area contributed by atoms with Gasteiger partial charge in [-0.3, -0.25) is 9.69 Å². The number of piperazine rings is 1. The summed E-state index contributed by atoms with van der Waals surface area (Å²) < 4.78 is 28.9. The van der Waals surface area contributed by atoms with Gasteiger partial charge in [0.15, 0.2) is 0 Å². The molecule has 3 aromatic rings. The zero-order valence-electron chi connectivity index (χ0n) is 19.4. The van der Waals surface area contributed by atoms with E-state index in [-0.39, 0.29) is 10.8 Å². The molecule has 0 saturated carbocycles. The summed E-state index contributed by atoms with van der Waals surface area (Å²) in [5.41, 5.74) is 2.63. The van der Waals surface area contributed by atoms with Gasteiger partial charge in [0.25, 0.3) is 5.91 Å². The van der Waals surface area contributed by atoms with Gasteiger partial charge in [-0.25, -0.2) is 13.4 Å². The van der Waals surface area contributed by atoms with Crippen LogP contribution in [0.25, 0.3) is 11.0 Å². The third-order valence-corrected chi connectivity index (χ3v) is 8.41. The number of carbonyl (C=O) groups is 1. The number of nitrogens with zero attached hydrogens (tertiary/aromatic N) is 5. The highest BCUT2D eigenvalue weighted by molar-refractivity contribution is 7.89. The number of hydrogen-bond acceptors (Lipinski definition) is 5. The Bertz CT molecular complexity index is 1220. The largest absolute Gasteiger partial charge is 0.336 e. The van der Waals surface area contributed by atoms with Crippen molar-refractivity contribution in [1.29, 1.82) is 0 Å². The van der Waals surface area contributed by atoms with Crippen LogP contribution in [0.5, 0.6) is 0 Å². The molecule has 1 amide bonds. The predicted octanol–water partition coefficient (Wildman–Crippen LogP) is 2.56. The number of aryl methyl sites for hydroxylation is 1. The van der Waals surface area contributed by atoms with E-state index in [1.165, 1.54) is 16.4 Å². The second-order valence-electron chi connectivity index (χ2n) is 8.26. The quantitative estimate of drug-likeness (QED) is 0.531. The molecule has 8 nitrogen and oxygen atoms in total. The molecule has 1 fully saturated rings. The number of carbonyl (C=O) groups excluding carboxylic acids is 1. The molecule has 1 aliphatic heterocycles. The van der Waals surface area contributed by atoms with Crippen molar-refractivity contribution in [2.75, 3.05) is 39.3 Å². The first-order chi connectivity index (χ1) is 15.8. The molecule has 176 valence electrons. The van der Waals surface area contributed by atoms with Gasteiger partial charge in [0.2, 0.25) is 10.0 Å². The first-order valence-corrected chi connectivity index (χ1v) is 12.8. The van der Waals surface area contributed by atoms with Gasteiger partial charge in [-0.05, 0) is 36.4 Å². The van der Waals surface area contributed by atoms with Gasteiger partial charge in [0.1, 0.15) is 5.82 Å². The Balaban J connectivity index is 1.37. The molecule has 0 unspecified atom stereocenters. The van der Waals surface area contributed by atoms with Crippen molar-refractivity contribution in [3.63, 3.8) is 0 Å². The van der Waals surface area contributed by atoms with Crippen LogP contribution in [0, 0.1) is 0 Å². The molecular weight excluding hydrogens is 438 g/mol. The second kappa shape index (κ2) is 9.62. The molecule has 0 spiro atoms. The van der Waals surface area contributed by atoms with E-state index < -0.39 is 10.0 Å². The van der Waals surface area contributed by atoms with Crippen molar-refractivity contribution in [2.24, 2.45) is 7.05 Å². The summed E-state index contributed by atoms with van der Waals surface area (Å²) in [5.74, 6) is 0.949. The minimum atomic E-state index is -3.53. The van der Waals surface area contributed by atoms with Crippen molar-refractivity contribution in [1.82, 2.24) is 23.7 Å². The average Bonchev–Trinajstić information content (AvgIpc) is 3.15. The Morgan fingerprint density at radius 1 is 0.970 bits per heavy atom. The Labute approximate surface area is 195 Å². The number of hydrogen-bond donors (Lipinski definition) is 0. The Hall–Kier alpha value is -2.75. The zero-order valence-corrected chi connectivity index (χ0v) is 20.3. The highest BCUT2D eigenvalue weighted by atomic mass is 32.2. The molecular formula is C24H31N5O3S. The van der Waals surface area contributed by atoms with Gasteiger partial charge < -0.3 is 9.47 Å². The average molecular weight is 470 g/mol.